The Balaban J connectivity index is 1.61. The summed E-state index contributed by atoms with van der Waals surface area (Å²) < 4.78 is 0. The first-order valence-corrected chi connectivity index (χ1v) is 9.25. The number of likely N-dealkylation sites (tertiary alicyclic amines) is 1. The minimum atomic E-state index is 0.112. The summed E-state index contributed by atoms with van der Waals surface area (Å²) >= 11 is 0. The molecular formula is C21H25N3O. The number of hydrogen-bond acceptors (Lipinski definition) is 3. The molecule has 4 rings (SSSR count). The Kier molecular flexibility index (Phi) is 4.20. The molecule has 0 saturated carbocycles. The molecule has 0 spiro atoms. The Labute approximate surface area is 149 Å². The molecule has 1 saturated heterocycles. The van der Waals surface area contributed by atoms with Crippen LogP contribution in [0.4, 0.5) is 11.4 Å². The van der Waals surface area contributed by atoms with Gasteiger partial charge < -0.3 is 9.80 Å². The Morgan fingerprint density at radius 2 is 1.88 bits per heavy atom. The number of fused-ring (bicyclic) bond motifs is 1. The van der Waals surface area contributed by atoms with Crippen molar-refractivity contribution in [2.24, 2.45) is 5.92 Å². The van der Waals surface area contributed by atoms with Gasteiger partial charge in [0, 0.05) is 31.0 Å². The van der Waals surface area contributed by atoms with Crippen molar-refractivity contribution in [1.82, 2.24) is 9.88 Å². The summed E-state index contributed by atoms with van der Waals surface area (Å²) in [4.78, 5) is 21.5. The van der Waals surface area contributed by atoms with E-state index in [1.807, 2.05) is 17.2 Å². The minimum Gasteiger partial charge on any atom is -0.339 e. The molecule has 2 aliphatic rings. The number of aromatic nitrogens is 1. The van der Waals surface area contributed by atoms with Crippen LogP contribution in [0.25, 0.3) is 0 Å². The van der Waals surface area contributed by atoms with Crippen molar-refractivity contribution < 1.29 is 4.79 Å². The third-order valence-corrected chi connectivity index (χ3v) is 5.53. The highest BCUT2D eigenvalue weighted by molar-refractivity contribution is 5.95. The van der Waals surface area contributed by atoms with E-state index in [0.29, 0.717) is 11.6 Å². The molecule has 4 nitrogen and oxygen atoms in total. The average molecular weight is 335 g/mol. The molecule has 1 aromatic heterocycles. The maximum Gasteiger partial charge on any atom is 0.255 e. The number of pyridine rings is 1. The quantitative estimate of drug-likeness (QED) is 0.831. The molecule has 3 heterocycles. The molecule has 1 fully saturated rings. The van der Waals surface area contributed by atoms with Gasteiger partial charge in [-0.1, -0.05) is 25.1 Å². The molecule has 4 heteroatoms. The monoisotopic (exact) mass is 335 g/mol. The van der Waals surface area contributed by atoms with Gasteiger partial charge in [-0.25, -0.2) is 0 Å². The second-order valence-electron chi connectivity index (χ2n) is 7.46. The lowest BCUT2D eigenvalue weighted by Crippen LogP contribution is -2.38. The molecule has 2 aliphatic heterocycles. The van der Waals surface area contributed by atoms with Crippen LogP contribution in [-0.2, 0) is 6.42 Å². The van der Waals surface area contributed by atoms with Crippen molar-refractivity contribution in [3.05, 3.63) is 53.9 Å². The second-order valence-corrected chi connectivity index (χ2v) is 7.46. The number of amides is 1. The van der Waals surface area contributed by atoms with Crippen LogP contribution < -0.4 is 4.90 Å². The molecule has 25 heavy (non-hydrogen) atoms. The van der Waals surface area contributed by atoms with Gasteiger partial charge in [0.15, 0.2) is 0 Å². The second kappa shape index (κ2) is 6.51. The van der Waals surface area contributed by atoms with Crippen molar-refractivity contribution >= 4 is 17.3 Å². The van der Waals surface area contributed by atoms with E-state index in [1.165, 1.54) is 11.3 Å². The van der Waals surface area contributed by atoms with E-state index >= 15 is 0 Å². The lowest BCUT2D eigenvalue weighted by atomic mass is 9.99. The smallest absolute Gasteiger partial charge is 0.255 e. The first-order valence-electron chi connectivity index (χ1n) is 9.25. The number of anilines is 2. The summed E-state index contributed by atoms with van der Waals surface area (Å²) in [6, 6.07) is 10.9. The number of carbonyl (C=O) groups excluding carboxylic acids is 1. The fourth-order valence-corrected chi connectivity index (χ4v) is 4.03. The Hall–Kier alpha value is -2.36. The molecule has 1 unspecified atom stereocenters. The SMILES string of the molecule is CC1CCN(C(=O)c2cncc(N3c4ccccc4CC3C)c2)CC1. The first-order chi connectivity index (χ1) is 12.1. The zero-order chi connectivity index (χ0) is 17.4. The molecule has 1 atom stereocenters. The van der Waals surface area contributed by atoms with Crippen molar-refractivity contribution in [2.45, 2.75) is 39.2 Å². The summed E-state index contributed by atoms with van der Waals surface area (Å²) in [6.07, 6.45) is 6.79. The zero-order valence-corrected chi connectivity index (χ0v) is 15.0. The molecule has 0 aliphatic carbocycles. The highest BCUT2D eigenvalue weighted by Gasteiger charge is 2.28. The molecule has 1 amide bonds. The van der Waals surface area contributed by atoms with E-state index in [4.69, 9.17) is 0 Å². The summed E-state index contributed by atoms with van der Waals surface area (Å²) in [6.45, 7) is 6.19. The Morgan fingerprint density at radius 3 is 2.68 bits per heavy atom. The molecule has 130 valence electrons. The molecule has 0 bridgehead atoms. The van der Waals surface area contributed by atoms with Crippen LogP contribution in [0.15, 0.2) is 42.7 Å². The minimum absolute atomic E-state index is 0.112. The van der Waals surface area contributed by atoms with Gasteiger partial charge in [-0.15, -0.1) is 0 Å². The number of rotatable bonds is 2. The van der Waals surface area contributed by atoms with Gasteiger partial charge >= 0.3 is 0 Å². The van der Waals surface area contributed by atoms with Crippen LogP contribution in [0.2, 0.25) is 0 Å². The van der Waals surface area contributed by atoms with Gasteiger partial charge in [-0.3, -0.25) is 9.78 Å². The highest BCUT2D eigenvalue weighted by atomic mass is 16.2. The fourth-order valence-electron chi connectivity index (χ4n) is 4.03. The molecular weight excluding hydrogens is 310 g/mol. The van der Waals surface area contributed by atoms with Crippen LogP contribution in [0.3, 0.4) is 0 Å². The number of hydrogen-bond donors (Lipinski definition) is 0. The van der Waals surface area contributed by atoms with E-state index in [-0.39, 0.29) is 5.91 Å². The van der Waals surface area contributed by atoms with Crippen LogP contribution in [0, 0.1) is 5.92 Å². The topological polar surface area (TPSA) is 36.4 Å². The Morgan fingerprint density at radius 1 is 1.12 bits per heavy atom. The third kappa shape index (κ3) is 3.01. The van der Waals surface area contributed by atoms with E-state index in [0.717, 1.165) is 44.0 Å². The summed E-state index contributed by atoms with van der Waals surface area (Å²) in [5.74, 6) is 0.830. The van der Waals surface area contributed by atoms with Crippen molar-refractivity contribution in [3.8, 4) is 0 Å². The Bertz CT molecular complexity index is 780. The van der Waals surface area contributed by atoms with Gasteiger partial charge in [-0.2, -0.15) is 0 Å². The maximum absolute atomic E-state index is 12.9. The maximum atomic E-state index is 12.9. The predicted molar refractivity (Wildman–Crippen MR) is 100 cm³/mol. The van der Waals surface area contributed by atoms with Gasteiger partial charge in [0.1, 0.15) is 0 Å². The number of para-hydroxylation sites is 1. The molecule has 1 aromatic carbocycles. The predicted octanol–water partition coefficient (Wildman–Crippen LogP) is 4.04. The van der Waals surface area contributed by atoms with Crippen molar-refractivity contribution in [1.29, 1.82) is 0 Å². The van der Waals surface area contributed by atoms with Crippen molar-refractivity contribution in [2.75, 3.05) is 18.0 Å². The van der Waals surface area contributed by atoms with Gasteiger partial charge in [0.05, 0.1) is 17.4 Å². The molecule has 2 aromatic rings. The van der Waals surface area contributed by atoms with E-state index in [9.17, 15) is 4.79 Å². The van der Waals surface area contributed by atoms with E-state index < -0.39 is 0 Å². The molecule has 0 radical (unpaired) electrons. The first kappa shape index (κ1) is 16.1. The lowest BCUT2D eigenvalue weighted by molar-refractivity contribution is 0.0697. The standard InChI is InChI=1S/C21H25N3O/c1-15-7-9-23(10-8-15)21(25)18-12-19(14-22-13-18)24-16(2)11-17-5-3-4-6-20(17)24/h3-6,12-16H,7-11H2,1-2H3. The van der Waals surface area contributed by atoms with Gasteiger partial charge in [-0.05, 0) is 49.8 Å². The van der Waals surface area contributed by atoms with E-state index in [2.05, 4.69) is 48.0 Å². The van der Waals surface area contributed by atoms with Crippen molar-refractivity contribution in [3.63, 3.8) is 0 Å². The normalized spacial score (nSPS) is 20.6. The highest BCUT2D eigenvalue weighted by Crippen LogP contribution is 2.38. The van der Waals surface area contributed by atoms with Crippen LogP contribution >= 0.6 is 0 Å². The third-order valence-electron chi connectivity index (χ3n) is 5.53. The number of carbonyl (C=O) groups is 1. The number of piperidine rings is 1. The van der Waals surface area contributed by atoms with Gasteiger partial charge in [0.25, 0.3) is 5.91 Å². The van der Waals surface area contributed by atoms with E-state index in [1.54, 1.807) is 6.20 Å². The largest absolute Gasteiger partial charge is 0.339 e. The zero-order valence-electron chi connectivity index (χ0n) is 15.0. The average Bonchev–Trinajstić information content (AvgIpc) is 2.97. The van der Waals surface area contributed by atoms with Gasteiger partial charge in [0.2, 0.25) is 0 Å². The number of nitrogens with zero attached hydrogens (tertiary/aromatic N) is 3. The summed E-state index contributed by atoms with van der Waals surface area (Å²) in [5, 5.41) is 0. The summed E-state index contributed by atoms with van der Waals surface area (Å²) in [5.41, 5.74) is 4.29. The number of benzene rings is 1. The lowest BCUT2D eigenvalue weighted by Gasteiger charge is -2.30. The van der Waals surface area contributed by atoms with Crippen LogP contribution in [-0.4, -0.2) is 34.9 Å². The summed E-state index contributed by atoms with van der Waals surface area (Å²) in [7, 11) is 0. The van der Waals surface area contributed by atoms with Crippen LogP contribution in [0.1, 0.15) is 42.6 Å². The fraction of sp³-hybridized carbons (Fsp3) is 0.429. The van der Waals surface area contributed by atoms with Crippen LogP contribution in [0.5, 0.6) is 0 Å². The molecule has 0 N–H and O–H groups in total.